The molecule has 0 aliphatic heterocycles. The van der Waals surface area contributed by atoms with Crippen molar-refractivity contribution in [1.29, 1.82) is 0 Å². The number of nitrogens with zero attached hydrogens (tertiary/aromatic N) is 4. The second-order valence-electron chi connectivity index (χ2n) is 5.75. The quantitative estimate of drug-likeness (QED) is 0.573. The van der Waals surface area contributed by atoms with Crippen LogP contribution in [0.4, 0.5) is 4.79 Å². The van der Waals surface area contributed by atoms with Gasteiger partial charge in [0.1, 0.15) is 16.7 Å². The molecule has 0 spiro atoms. The second kappa shape index (κ2) is 9.69. The first-order chi connectivity index (χ1) is 14.1. The summed E-state index contributed by atoms with van der Waals surface area (Å²) in [5.74, 6) is 0.142. The molecule has 3 amide bonds. The lowest BCUT2D eigenvalue weighted by Crippen LogP contribution is -2.39. The molecule has 9 nitrogen and oxygen atoms in total. The zero-order valence-electron chi connectivity index (χ0n) is 15.9. The lowest BCUT2D eigenvalue weighted by molar-refractivity contribution is -0.119. The molecule has 1 atom stereocenters. The molecule has 1 heterocycles. The molecule has 0 saturated carbocycles. The summed E-state index contributed by atoms with van der Waals surface area (Å²) in [4.78, 5) is 24.4. The summed E-state index contributed by atoms with van der Waals surface area (Å²) in [6, 6.07) is 15.9. The van der Waals surface area contributed by atoms with Crippen molar-refractivity contribution < 1.29 is 14.3 Å². The van der Waals surface area contributed by atoms with E-state index in [4.69, 9.17) is 4.74 Å². The van der Waals surface area contributed by atoms with Crippen molar-refractivity contribution >= 4 is 23.7 Å². The molecule has 150 valence electrons. The number of thioether (sulfide) groups is 1. The molecule has 10 heteroatoms. The number of nitrogens with one attached hydrogen (secondary N) is 2. The summed E-state index contributed by atoms with van der Waals surface area (Å²) in [7, 11) is 1.44. The molecular formula is C19H20N6O3S. The molecule has 29 heavy (non-hydrogen) atoms. The van der Waals surface area contributed by atoms with Crippen molar-refractivity contribution in [1.82, 2.24) is 30.8 Å². The topological polar surface area (TPSA) is 111 Å². The first-order valence-corrected chi connectivity index (χ1v) is 9.76. The summed E-state index contributed by atoms with van der Waals surface area (Å²) >= 11 is 1.14. The lowest BCUT2D eigenvalue weighted by Gasteiger charge is -2.16. The van der Waals surface area contributed by atoms with Gasteiger partial charge in [-0.05, 0) is 35.0 Å². The number of benzene rings is 2. The molecule has 2 aromatic carbocycles. The number of carbonyl (C=O) groups excluding carboxylic acids is 2. The number of rotatable bonds is 7. The maximum Gasteiger partial charge on any atom is 0.321 e. The Morgan fingerprint density at radius 3 is 2.59 bits per heavy atom. The highest BCUT2D eigenvalue weighted by Gasteiger charge is 2.27. The summed E-state index contributed by atoms with van der Waals surface area (Å²) in [6.45, 7) is 2.38. The maximum absolute atomic E-state index is 12.8. The first-order valence-electron chi connectivity index (χ1n) is 8.88. The lowest BCUT2D eigenvalue weighted by atomic mass is 10.1. The molecule has 0 saturated heterocycles. The van der Waals surface area contributed by atoms with E-state index >= 15 is 0 Å². The van der Waals surface area contributed by atoms with Crippen molar-refractivity contribution in [3.8, 4) is 11.4 Å². The average Bonchev–Trinajstić information content (AvgIpc) is 3.21. The molecule has 2 N–H and O–H groups in total. The van der Waals surface area contributed by atoms with Crippen LogP contribution in [0.25, 0.3) is 5.69 Å². The normalized spacial score (nSPS) is 11.5. The monoisotopic (exact) mass is 412 g/mol. The third-order valence-electron chi connectivity index (χ3n) is 3.86. The molecule has 0 aliphatic rings. The molecule has 3 aromatic rings. The highest BCUT2D eigenvalue weighted by Crippen LogP contribution is 2.36. The van der Waals surface area contributed by atoms with Crippen molar-refractivity contribution in [3.63, 3.8) is 0 Å². The molecular weight excluding hydrogens is 392 g/mol. The highest BCUT2D eigenvalue weighted by molar-refractivity contribution is 8.00. The minimum atomic E-state index is -0.738. The number of urea groups is 1. The maximum atomic E-state index is 12.8. The van der Waals surface area contributed by atoms with Gasteiger partial charge in [0.25, 0.3) is 0 Å². The van der Waals surface area contributed by atoms with Gasteiger partial charge >= 0.3 is 6.03 Å². The fraction of sp³-hybridized carbons (Fsp3) is 0.211. The highest BCUT2D eigenvalue weighted by atomic mass is 32.2. The summed E-state index contributed by atoms with van der Waals surface area (Å²) in [5.41, 5.74) is 1.37. The van der Waals surface area contributed by atoms with Crippen LogP contribution in [0.1, 0.15) is 17.7 Å². The average molecular weight is 412 g/mol. The fourth-order valence-corrected chi connectivity index (χ4v) is 3.55. The van der Waals surface area contributed by atoms with Crippen molar-refractivity contribution in [2.24, 2.45) is 0 Å². The number of amides is 3. The number of tetrazole rings is 1. The van der Waals surface area contributed by atoms with E-state index in [-0.39, 0.29) is 0 Å². The van der Waals surface area contributed by atoms with Crippen LogP contribution >= 0.6 is 11.8 Å². The van der Waals surface area contributed by atoms with Gasteiger partial charge in [-0.2, -0.15) is 4.68 Å². The van der Waals surface area contributed by atoms with E-state index < -0.39 is 17.2 Å². The number of hydrogen-bond donors (Lipinski definition) is 2. The summed E-state index contributed by atoms with van der Waals surface area (Å²) in [5, 5.41) is 16.2. The summed E-state index contributed by atoms with van der Waals surface area (Å²) in [6.07, 6.45) is 0. The molecule has 0 unspecified atom stereocenters. The Balaban J connectivity index is 1.95. The second-order valence-corrected chi connectivity index (χ2v) is 6.82. The van der Waals surface area contributed by atoms with Crippen LogP contribution in [0.2, 0.25) is 0 Å². The third kappa shape index (κ3) is 4.91. The predicted octanol–water partition coefficient (Wildman–Crippen LogP) is 2.35. The first kappa shape index (κ1) is 20.3. The molecule has 0 aliphatic carbocycles. The van der Waals surface area contributed by atoms with Gasteiger partial charge in [0.05, 0.1) is 6.61 Å². The van der Waals surface area contributed by atoms with E-state index in [0.29, 0.717) is 28.8 Å². The van der Waals surface area contributed by atoms with Crippen LogP contribution in [-0.4, -0.2) is 45.8 Å². The minimum Gasteiger partial charge on any atom is -0.492 e. The Morgan fingerprint density at radius 1 is 1.14 bits per heavy atom. The largest absolute Gasteiger partial charge is 0.492 e. The minimum absolute atomic E-state index is 0.387. The zero-order chi connectivity index (χ0) is 20.6. The Labute approximate surface area is 171 Å². The van der Waals surface area contributed by atoms with Crippen LogP contribution in [0, 0.1) is 0 Å². The zero-order valence-corrected chi connectivity index (χ0v) is 16.7. The number of para-hydroxylation sites is 2. The number of carbonyl (C=O) groups is 2. The van der Waals surface area contributed by atoms with Gasteiger partial charge in [-0.15, -0.1) is 5.10 Å². The van der Waals surface area contributed by atoms with Gasteiger partial charge in [-0.1, -0.05) is 54.2 Å². The number of aromatic nitrogens is 4. The SMILES string of the molecule is CCOc1ccccc1-n1nnnc1S[C@@H](C(=O)NC(=O)NC)c1ccccc1. The van der Waals surface area contributed by atoms with Gasteiger partial charge in [0, 0.05) is 7.05 Å². The molecule has 0 bridgehead atoms. The van der Waals surface area contributed by atoms with E-state index in [0.717, 1.165) is 11.8 Å². The van der Waals surface area contributed by atoms with Gasteiger partial charge < -0.3 is 10.1 Å². The van der Waals surface area contributed by atoms with Crippen LogP contribution in [0.15, 0.2) is 59.8 Å². The van der Waals surface area contributed by atoms with E-state index in [1.54, 1.807) is 0 Å². The molecule has 0 radical (unpaired) electrons. The number of imide groups is 1. The Kier molecular flexibility index (Phi) is 6.80. The molecule has 1 aromatic heterocycles. The van der Waals surface area contributed by atoms with Crippen molar-refractivity contribution in [3.05, 3.63) is 60.2 Å². The van der Waals surface area contributed by atoms with E-state index in [1.165, 1.54) is 11.7 Å². The van der Waals surface area contributed by atoms with Gasteiger partial charge in [-0.3, -0.25) is 10.1 Å². The number of hydrogen-bond acceptors (Lipinski definition) is 7. The van der Waals surface area contributed by atoms with Crippen LogP contribution in [-0.2, 0) is 4.79 Å². The van der Waals surface area contributed by atoms with Crippen molar-refractivity contribution in [2.75, 3.05) is 13.7 Å². The summed E-state index contributed by atoms with van der Waals surface area (Å²) < 4.78 is 7.17. The van der Waals surface area contributed by atoms with Gasteiger partial charge in [0.15, 0.2) is 0 Å². The smallest absolute Gasteiger partial charge is 0.321 e. The van der Waals surface area contributed by atoms with E-state index in [2.05, 4.69) is 26.2 Å². The molecule has 0 fully saturated rings. The molecule has 3 rings (SSSR count). The number of ether oxygens (including phenoxy) is 1. The van der Waals surface area contributed by atoms with Crippen LogP contribution < -0.4 is 15.4 Å². The third-order valence-corrected chi connectivity index (χ3v) is 5.05. The predicted molar refractivity (Wildman–Crippen MR) is 108 cm³/mol. The van der Waals surface area contributed by atoms with Crippen molar-refractivity contribution in [2.45, 2.75) is 17.3 Å². The van der Waals surface area contributed by atoms with E-state index in [9.17, 15) is 9.59 Å². The standard InChI is InChI=1S/C19H20N6O3S/c1-3-28-15-12-8-7-11-14(15)25-19(22-23-24-25)29-16(13-9-5-4-6-10-13)17(26)21-18(27)20-2/h4-12,16H,3H2,1-2H3,(H2,20,21,26,27)/t16-/m1/s1. The van der Waals surface area contributed by atoms with E-state index in [1.807, 2.05) is 61.5 Å². The van der Waals surface area contributed by atoms with Gasteiger partial charge in [-0.25, -0.2) is 4.79 Å². The Bertz CT molecular complexity index is 979. The van der Waals surface area contributed by atoms with Crippen LogP contribution in [0.5, 0.6) is 5.75 Å². The Morgan fingerprint density at radius 2 is 1.86 bits per heavy atom. The van der Waals surface area contributed by atoms with Gasteiger partial charge in [0.2, 0.25) is 11.1 Å². The van der Waals surface area contributed by atoms with Crippen LogP contribution in [0.3, 0.4) is 0 Å². The Hall–Kier alpha value is -3.40. The fourth-order valence-electron chi connectivity index (χ4n) is 2.56.